The number of hydrogen-bond donors (Lipinski definition) is 0. The lowest BCUT2D eigenvalue weighted by Gasteiger charge is -2.21. The van der Waals surface area contributed by atoms with Gasteiger partial charge in [-0.2, -0.15) is 0 Å². The van der Waals surface area contributed by atoms with Gasteiger partial charge in [0.15, 0.2) is 0 Å². The number of carbonyl (C=O) groups is 1. The summed E-state index contributed by atoms with van der Waals surface area (Å²) < 4.78 is 0. The minimum absolute atomic E-state index is 0.0353. The molecule has 1 aliphatic carbocycles. The second-order valence-corrected chi connectivity index (χ2v) is 4.51. The van der Waals surface area contributed by atoms with E-state index in [4.69, 9.17) is 11.6 Å². The standard InChI is InChI=1S/C13H16ClNO/c1-15(13(16)9-14)12-7-6-10-4-2-3-5-11(10)8-12/h6-8H,2-5,9H2,1H3. The average Bonchev–Trinajstić information content (AvgIpc) is 2.36. The van der Waals surface area contributed by atoms with Gasteiger partial charge in [-0.1, -0.05) is 6.07 Å². The molecule has 1 aliphatic rings. The van der Waals surface area contributed by atoms with Crippen LogP contribution in [0.2, 0.25) is 0 Å². The molecule has 0 heterocycles. The van der Waals surface area contributed by atoms with Gasteiger partial charge in [0.2, 0.25) is 5.91 Å². The number of anilines is 1. The van der Waals surface area contributed by atoms with Crippen molar-refractivity contribution >= 4 is 23.2 Å². The van der Waals surface area contributed by atoms with Crippen LogP contribution >= 0.6 is 11.6 Å². The molecule has 3 heteroatoms. The van der Waals surface area contributed by atoms with Crippen LogP contribution in [0.25, 0.3) is 0 Å². The maximum atomic E-state index is 11.5. The number of carbonyl (C=O) groups excluding carboxylic acids is 1. The molecule has 2 rings (SSSR count). The molecule has 0 saturated heterocycles. The molecule has 86 valence electrons. The van der Waals surface area contributed by atoms with E-state index in [9.17, 15) is 4.79 Å². The third-order valence-electron chi connectivity index (χ3n) is 3.21. The van der Waals surface area contributed by atoms with Gasteiger partial charge in [0.25, 0.3) is 0 Å². The van der Waals surface area contributed by atoms with Gasteiger partial charge in [-0.25, -0.2) is 0 Å². The summed E-state index contributed by atoms with van der Waals surface area (Å²) in [5.41, 5.74) is 3.77. The van der Waals surface area contributed by atoms with Crippen LogP contribution in [0.15, 0.2) is 18.2 Å². The smallest absolute Gasteiger partial charge is 0.241 e. The van der Waals surface area contributed by atoms with Crippen LogP contribution in [0.4, 0.5) is 5.69 Å². The van der Waals surface area contributed by atoms with Gasteiger partial charge in [0.1, 0.15) is 5.88 Å². The van der Waals surface area contributed by atoms with Crippen molar-refractivity contribution in [3.8, 4) is 0 Å². The molecule has 0 aliphatic heterocycles. The fraction of sp³-hybridized carbons (Fsp3) is 0.462. The van der Waals surface area contributed by atoms with Crippen molar-refractivity contribution in [2.45, 2.75) is 25.7 Å². The van der Waals surface area contributed by atoms with Crippen LogP contribution in [0.1, 0.15) is 24.0 Å². The first-order valence-electron chi connectivity index (χ1n) is 5.66. The number of alkyl halides is 1. The molecular formula is C13H16ClNO. The first kappa shape index (κ1) is 11.5. The van der Waals surface area contributed by atoms with Crippen LogP contribution in [-0.2, 0) is 17.6 Å². The second kappa shape index (κ2) is 4.88. The van der Waals surface area contributed by atoms with Gasteiger partial charge in [0, 0.05) is 12.7 Å². The van der Waals surface area contributed by atoms with Crippen molar-refractivity contribution in [2.24, 2.45) is 0 Å². The predicted octanol–water partition coefficient (Wildman–Crippen LogP) is 2.77. The monoisotopic (exact) mass is 237 g/mol. The zero-order valence-electron chi connectivity index (χ0n) is 9.50. The Morgan fingerprint density at radius 2 is 2.00 bits per heavy atom. The Bertz CT molecular complexity index is 403. The Morgan fingerprint density at radius 3 is 2.69 bits per heavy atom. The van der Waals surface area contributed by atoms with E-state index in [1.807, 2.05) is 6.07 Å². The molecule has 0 spiro atoms. The average molecular weight is 238 g/mol. The van der Waals surface area contributed by atoms with E-state index < -0.39 is 0 Å². The normalized spacial score (nSPS) is 14.4. The molecule has 0 fully saturated rings. The summed E-state index contributed by atoms with van der Waals surface area (Å²) in [5, 5.41) is 0. The van der Waals surface area contributed by atoms with Gasteiger partial charge in [-0.15, -0.1) is 11.6 Å². The highest BCUT2D eigenvalue weighted by molar-refractivity contribution is 6.29. The first-order valence-corrected chi connectivity index (χ1v) is 6.20. The topological polar surface area (TPSA) is 20.3 Å². The molecule has 0 saturated carbocycles. The summed E-state index contributed by atoms with van der Waals surface area (Å²) in [6.45, 7) is 0. The Hall–Kier alpha value is -1.02. The van der Waals surface area contributed by atoms with Crippen molar-refractivity contribution in [1.29, 1.82) is 0 Å². The van der Waals surface area contributed by atoms with Crippen LogP contribution in [0.3, 0.4) is 0 Å². The molecule has 1 aromatic rings. The molecule has 16 heavy (non-hydrogen) atoms. The fourth-order valence-corrected chi connectivity index (χ4v) is 2.34. The lowest BCUT2D eigenvalue weighted by Crippen LogP contribution is -2.27. The summed E-state index contributed by atoms with van der Waals surface area (Å²) in [4.78, 5) is 13.1. The van der Waals surface area contributed by atoms with Gasteiger partial charge in [-0.3, -0.25) is 4.79 Å². The largest absolute Gasteiger partial charge is 0.314 e. The second-order valence-electron chi connectivity index (χ2n) is 4.25. The first-order chi connectivity index (χ1) is 7.72. The molecule has 0 atom stereocenters. The highest BCUT2D eigenvalue weighted by Crippen LogP contribution is 2.25. The van der Waals surface area contributed by atoms with Gasteiger partial charge >= 0.3 is 0 Å². The minimum atomic E-state index is -0.0579. The number of rotatable bonds is 2. The van der Waals surface area contributed by atoms with Crippen molar-refractivity contribution in [3.63, 3.8) is 0 Å². The number of hydrogen-bond acceptors (Lipinski definition) is 1. The molecular weight excluding hydrogens is 222 g/mol. The molecule has 0 unspecified atom stereocenters. The van der Waals surface area contributed by atoms with E-state index in [2.05, 4.69) is 12.1 Å². The van der Waals surface area contributed by atoms with E-state index in [1.54, 1.807) is 11.9 Å². The lowest BCUT2D eigenvalue weighted by molar-refractivity contribution is -0.116. The minimum Gasteiger partial charge on any atom is -0.314 e. The van der Waals surface area contributed by atoms with Crippen molar-refractivity contribution in [1.82, 2.24) is 0 Å². The maximum Gasteiger partial charge on any atom is 0.241 e. The van der Waals surface area contributed by atoms with Crippen molar-refractivity contribution in [3.05, 3.63) is 29.3 Å². The lowest BCUT2D eigenvalue weighted by atomic mass is 9.91. The number of amides is 1. The third kappa shape index (κ3) is 2.22. The summed E-state index contributed by atoms with van der Waals surface area (Å²) >= 11 is 5.55. The quantitative estimate of drug-likeness (QED) is 0.725. The van der Waals surface area contributed by atoms with E-state index in [-0.39, 0.29) is 11.8 Å². The van der Waals surface area contributed by atoms with Gasteiger partial charge in [-0.05, 0) is 48.9 Å². The summed E-state index contributed by atoms with van der Waals surface area (Å²) in [6.07, 6.45) is 4.83. The highest BCUT2D eigenvalue weighted by atomic mass is 35.5. The van der Waals surface area contributed by atoms with Crippen molar-refractivity contribution in [2.75, 3.05) is 17.8 Å². The summed E-state index contributed by atoms with van der Waals surface area (Å²) in [7, 11) is 1.77. The Kier molecular flexibility index (Phi) is 3.49. The van der Waals surface area contributed by atoms with Crippen LogP contribution in [0.5, 0.6) is 0 Å². The van der Waals surface area contributed by atoms with E-state index in [0.29, 0.717) is 0 Å². The summed E-state index contributed by atoms with van der Waals surface area (Å²) in [5.74, 6) is -0.0226. The third-order valence-corrected chi connectivity index (χ3v) is 3.44. The Balaban J connectivity index is 2.26. The summed E-state index contributed by atoms with van der Waals surface area (Å²) in [6, 6.07) is 6.27. The number of aryl methyl sites for hydroxylation is 2. The van der Waals surface area contributed by atoms with Crippen LogP contribution < -0.4 is 4.90 Å². The van der Waals surface area contributed by atoms with Gasteiger partial charge in [0.05, 0.1) is 0 Å². The molecule has 0 N–H and O–H groups in total. The van der Waals surface area contributed by atoms with E-state index in [1.165, 1.54) is 30.4 Å². The van der Waals surface area contributed by atoms with Crippen LogP contribution in [-0.4, -0.2) is 18.8 Å². The van der Waals surface area contributed by atoms with Crippen molar-refractivity contribution < 1.29 is 4.79 Å². The fourth-order valence-electron chi connectivity index (χ4n) is 2.16. The van der Waals surface area contributed by atoms with Gasteiger partial charge < -0.3 is 4.90 Å². The highest BCUT2D eigenvalue weighted by Gasteiger charge is 2.13. The molecule has 1 aromatic carbocycles. The Labute approximate surface area is 101 Å². The zero-order chi connectivity index (χ0) is 11.5. The molecule has 2 nitrogen and oxygen atoms in total. The molecule has 1 amide bonds. The molecule has 0 bridgehead atoms. The Morgan fingerprint density at radius 1 is 1.31 bits per heavy atom. The van der Waals surface area contributed by atoms with E-state index in [0.717, 1.165) is 12.1 Å². The van der Waals surface area contributed by atoms with Crippen LogP contribution in [0, 0.1) is 0 Å². The number of fused-ring (bicyclic) bond motifs is 1. The maximum absolute atomic E-state index is 11.5. The van der Waals surface area contributed by atoms with E-state index >= 15 is 0 Å². The number of halogens is 1. The molecule has 0 aromatic heterocycles. The zero-order valence-corrected chi connectivity index (χ0v) is 10.3. The SMILES string of the molecule is CN(C(=O)CCl)c1ccc2c(c1)CCCC2. The number of benzene rings is 1. The predicted molar refractivity (Wildman–Crippen MR) is 67.2 cm³/mol. The molecule has 0 radical (unpaired) electrons. The number of nitrogens with zero attached hydrogens (tertiary/aromatic N) is 1.